The molecule has 0 aliphatic rings. The van der Waals surface area contributed by atoms with Gasteiger partial charge in [-0.2, -0.15) is 0 Å². The van der Waals surface area contributed by atoms with Gasteiger partial charge in [-0.1, -0.05) is 16.7 Å². The second-order valence-corrected chi connectivity index (χ2v) is 3.92. The molecule has 0 saturated heterocycles. The largest absolute Gasteiger partial charge is 0.308 e. The summed E-state index contributed by atoms with van der Waals surface area (Å²) in [5, 5.41) is 3.82. The van der Waals surface area contributed by atoms with E-state index in [2.05, 4.69) is 20.0 Å². The van der Waals surface area contributed by atoms with Crippen LogP contribution < -0.4 is 0 Å². The van der Waals surface area contributed by atoms with Crippen LogP contribution in [0.5, 0.6) is 0 Å². The van der Waals surface area contributed by atoms with Gasteiger partial charge in [0.2, 0.25) is 0 Å². The molecular weight excluding hydrogens is 240 g/mol. The van der Waals surface area contributed by atoms with Gasteiger partial charge in [0, 0.05) is 29.4 Å². The van der Waals surface area contributed by atoms with E-state index in [9.17, 15) is 0 Å². The minimum Gasteiger partial charge on any atom is -0.308 e. The van der Waals surface area contributed by atoms with E-state index in [0.29, 0.717) is 17.8 Å². The Kier molecular flexibility index (Phi) is 5.42. The maximum Gasteiger partial charge on any atom is 0.138 e. The first-order valence-corrected chi connectivity index (χ1v) is 5.37. The van der Waals surface area contributed by atoms with Crippen molar-refractivity contribution in [1.82, 2.24) is 9.88 Å². The lowest BCUT2D eigenvalue weighted by Gasteiger charge is -2.05. The first-order valence-electron chi connectivity index (χ1n) is 4.99. The molecule has 7 heteroatoms. The molecule has 1 heterocycles. The molecule has 0 unspecified atom stereocenters. The molecule has 0 atom stereocenters. The van der Waals surface area contributed by atoms with Crippen molar-refractivity contribution in [2.45, 2.75) is 0 Å². The first-order chi connectivity index (χ1) is 8.15. The van der Waals surface area contributed by atoms with Crippen molar-refractivity contribution in [2.75, 3.05) is 27.2 Å². The summed E-state index contributed by atoms with van der Waals surface area (Å²) in [5.41, 5.74) is 9.40. The third kappa shape index (κ3) is 4.40. The molecule has 1 aromatic heterocycles. The fourth-order valence-electron chi connectivity index (χ4n) is 1.11. The Morgan fingerprint density at radius 2 is 2.35 bits per heavy atom. The lowest BCUT2D eigenvalue weighted by molar-refractivity contribution is 0.421. The first kappa shape index (κ1) is 13.4. The van der Waals surface area contributed by atoms with E-state index in [1.807, 2.05) is 19.0 Å². The van der Waals surface area contributed by atoms with Gasteiger partial charge in [0.15, 0.2) is 0 Å². The molecule has 1 rings (SSSR count). The van der Waals surface area contributed by atoms with Gasteiger partial charge in [0.25, 0.3) is 0 Å². The van der Waals surface area contributed by atoms with E-state index < -0.39 is 0 Å². The Hall–Kier alpha value is -1.62. The van der Waals surface area contributed by atoms with Gasteiger partial charge in [0.1, 0.15) is 5.15 Å². The standard InChI is InChI=1S/C10H13ClN6/c1-17(2)6-5-13-7-8-9(15-16-12)3-4-14-10(8)11/h3-4,7H,5-6H2,1-2H3. The van der Waals surface area contributed by atoms with Crippen molar-refractivity contribution in [3.63, 3.8) is 0 Å². The maximum absolute atomic E-state index is 8.42. The highest BCUT2D eigenvalue weighted by Crippen LogP contribution is 2.22. The Morgan fingerprint density at radius 1 is 1.59 bits per heavy atom. The third-order valence-electron chi connectivity index (χ3n) is 1.97. The summed E-state index contributed by atoms with van der Waals surface area (Å²) in [6, 6.07) is 1.60. The fraction of sp³-hybridized carbons (Fsp3) is 0.400. The summed E-state index contributed by atoms with van der Waals surface area (Å²) in [4.78, 5) is 12.9. The third-order valence-corrected chi connectivity index (χ3v) is 2.27. The van der Waals surface area contributed by atoms with Gasteiger partial charge in [0.05, 0.1) is 12.2 Å². The van der Waals surface area contributed by atoms with E-state index in [4.69, 9.17) is 17.1 Å². The summed E-state index contributed by atoms with van der Waals surface area (Å²) >= 11 is 5.91. The highest BCUT2D eigenvalue weighted by atomic mass is 35.5. The van der Waals surface area contributed by atoms with Crippen molar-refractivity contribution in [2.24, 2.45) is 10.1 Å². The number of rotatable bonds is 5. The molecule has 0 aliphatic carbocycles. The van der Waals surface area contributed by atoms with Gasteiger partial charge in [-0.3, -0.25) is 4.99 Å². The molecule has 1 aromatic rings. The predicted octanol–water partition coefficient (Wildman–Crippen LogP) is 2.66. The summed E-state index contributed by atoms with van der Waals surface area (Å²) in [7, 11) is 3.94. The number of likely N-dealkylation sites (N-methyl/N-ethyl adjacent to an activating group) is 1. The SMILES string of the molecule is CN(C)CCN=Cc1c(N=[N+]=[N-])ccnc1Cl. The Bertz CT molecular complexity index is 450. The van der Waals surface area contributed by atoms with Crippen molar-refractivity contribution in [3.8, 4) is 0 Å². The van der Waals surface area contributed by atoms with E-state index in [1.165, 1.54) is 6.20 Å². The highest BCUT2D eigenvalue weighted by molar-refractivity contribution is 6.32. The molecule has 90 valence electrons. The Morgan fingerprint density at radius 3 is 3.00 bits per heavy atom. The van der Waals surface area contributed by atoms with Crippen LogP contribution in [0.4, 0.5) is 5.69 Å². The number of aliphatic imine (C=N–C) groups is 1. The van der Waals surface area contributed by atoms with Gasteiger partial charge >= 0.3 is 0 Å². The topological polar surface area (TPSA) is 77.2 Å². The van der Waals surface area contributed by atoms with Gasteiger partial charge in [-0.25, -0.2) is 4.98 Å². The molecule has 0 bridgehead atoms. The average molecular weight is 253 g/mol. The van der Waals surface area contributed by atoms with Crippen LogP contribution in [0.25, 0.3) is 10.4 Å². The number of hydrogen-bond donors (Lipinski definition) is 0. The molecule has 6 nitrogen and oxygen atoms in total. The lowest BCUT2D eigenvalue weighted by Crippen LogP contribution is -2.15. The van der Waals surface area contributed by atoms with E-state index in [0.717, 1.165) is 6.54 Å². The van der Waals surface area contributed by atoms with Crippen LogP contribution in [-0.2, 0) is 0 Å². The Labute approximate surface area is 105 Å². The number of pyridine rings is 1. The monoisotopic (exact) mass is 252 g/mol. The molecule has 0 aliphatic heterocycles. The van der Waals surface area contributed by atoms with Crippen LogP contribution in [0.1, 0.15) is 5.56 Å². The number of hydrogen-bond acceptors (Lipinski definition) is 4. The molecule has 17 heavy (non-hydrogen) atoms. The summed E-state index contributed by atoms with van der Waals surface area (Å²) in [6.07, 6.45) is 3.08. The van der Waals surface area contributed by atoms with Crippen molar-refractivity contribution < 1.29 is 0 Å². The molecule has 0 aromatic carbocycles. The van der Waals surface area contributed by atoms with Crippen LogP contribution >= 0.6 is 11.6 Å². The maximum atomic E-state index is 8.42. The molecule has 0 N–H and O–H groups in total. The number of azide groups is 1. The van der Waals surface area contributed by atoms with E-state index in [1.54, 1.807) is 12.3 Å². The molecule has 0 radical (unpaired) electrons. The van der Waals surface area contributed by atoms with Gasteiger partial charge in [-0.15, -0.1) is 0 Å². The van der Waals surface area contributed by atoms with Crippen LogP contribution in [0, 0.1) is 0 Å². The van der Waals surface area contributed by atoms with Gasteiger partial charge < -0.3 is 4.90 Å². The highest BCUT2D eigenvalue weighted by Gasteiger charge is 2.03. The summed E-state index contributed by atoms with van der Waals surface area (Å²) in [6.45, 7) is 1.49. The van der Waals surface area contributed by atoms with Crippen LogP contribution in [0.2, 0.25) is 5.15 Å². The van der Waals surface area contributed by atoms with Crippen LogP contribution in [0.15, 0.2) is 22.4 Å². The van der Waals surface area contributed by atoms with Crippen molar-refractivity contribution in [1.29, 1.82) is 0 Å². The summed E-state index contributed by atoms with van der Waals surface area (Å²) < 4.78 is 0. The van der Waals surface area contributed by atoms with Crippen molar-refractivity contribution in [3.05, 3.63) is 33.4 Å². The van der Waals surface area contributed by atoms with Crippen molar-refractivity contribution >= 4 is 23.5 Å². The quantitative estimate of drug-likeness (QED) is 0.266. The number of aromatic nitrogens is 1. The Balaban J connectivity index is 2.85. The summed E-state index contributed by atoms with van der Waals surface area (Å²) in [5.74, 6) is 0. The van der Waals surface area contributed by atoms with Crippen LogP contribution in [-0.4, -0.2) is 43.3 Å². The average Bonchev–Trinajstić information content (AvgIpc) is 2.27. The second-order valence-electron chi connectivity index (χ2n) is 3.56. The molecule has 0 spiro atoms. The minimum atomic E-state index is 0.281. The van der Waals surface area contributed by atoms with E-state index in [-0.39, 0.29) is 5.15 Å². The number of halogens is 1. The molecule has 0 fully saturated rings. The van der Waals surface area contributed by atoms with Crippen LogP contribution in [0.3, 0.4) is 0 Å². The molecule has 0 amide bonds. The van der Waals surface area contributed by atoms with Gasteiger partial charge in [-0.05, 0) is 25.7 Å². The zero-order chi connectivity index (χ0) is 12.7. The fourth-order valence-corrected chi connectivity index (χ4v) is 1.31. The molecular formula is C10H13ClN6. The number of nitrogens with zero attached hydrogens (tertiary/aromatic N) is 6. The van der Waals surface area contributed by atoms with E-state index >= 15 is 0 Å². The second kappa shape index (κ2) is 6.85. The predicted molar refractivity (Wildman–Crippen MR) is 69.1 cm³/mol. The zero-order valence-electron chi connectivity index (χ0n) is 9.71. The normalized spacial score (nSPS) is 10.8. The zero-order valence-corrected chi connectivity index (χ0v) is 10.5. The lowest BCUT2D eigenvalue weighted by atomic mass is 10.2. The molecule has 0 saturated carbocycles. The smallest absolute Gasteiger partial charge is 0.138 e. The minimum absolute atomic E-state index is 0.281.